The van der Waals surface area contributed by atoms with E-state index in [-0.39, 0.29) is 28.8 Å². The third-order valence-electron chi connectivity index (χ3n) is 3.07. The van der Waals surface area contributed by atoms with Crippen molar-refractivity contribution in [1.29, 1.82) is 0 Å². The molecule has 25 heavy (non-hydrogen) atoms. The number of rotatable bonds is 6. The molecule has 136 valence electrons. The number of nitrogens with zero attached hydrogens (tertiary/aromatic N) is 2. The number of benzene rings is 1. The smallest absolute Gasteiger partial charge is 0.242 e. The quantitative estimate of drug-likeness (QED) is 0.731. The maximum atomic E-state index is 13.0. The van der Waals surface area contributed by atoms with Crippen LogP contribution in [0.3, 0.4) is 0 Å². The Balaban J connectivity index is 2.73. The van der Waals surface area contributed by atoms with Crippen molar-refractivity contribution < 1.29 is 21.9 Å². The number of ether oxygens (including phenoxy) is 1. The van der Waals surface area contributed by atoms with Crippen molar-refractivity contribution >= 4 is 33.3 Å². The Morgan fingerprint density at radius 1 is 1.36 bits per heavy atom. The van der Waals surface area contributed by atoms with E-state index in [4.69, 9.17) is 22.1 Å². The lowest BCUT2D eigenvalue weighted by Gasteiger charge is -2.16. The van der Waals surface area contributed by atoms with Crippen LogP contribution in [-0.2, 0) is 16.4 Å². The van der Waals surface area contributed by atoms with E-state index < -0.39 is 22.9 Å². The van der Waals surface area contributed by atoms with Crippen LogP contribution in [0.25, 0.3) is 11.3 Å². The first-order chi connectivity index (χ1) is 11.6. The summed E-state index contributed by atoms with van der Waals surface area (Å²) in [6, 6.07) is 4.44. The molecule has 0 spiro atoms. The van der Waals surface area contributed by atoms with Crippen molar-refractivity contribution in [2.75, 3.05) is 23.8 Å². The van der Waals surface area contributed by atoms with Gasteiger partial charge in [0, 0.05) is 28.3 Å². The molecule has 0 atom stereocenters. The number of methoxy groups -OCH3 is 1. The second kappa shape index (κ2) is 7.36. The number of anilines is 2. The Labute approximate surface area is 148 Å². The lowest BCUT2D eigenvalue weighted by atomic mass is 10.0. The van der Waals surface area contributed by atoms with Gasteiger partial charge in [0.05, 0.1) is 19.1 Å². The molecule has 2 aromatic rings. The van der Waals surface area contributed by atoms with Crippen LogP contribution < -0.4 is 15.2 Å². The van der Waals surface area contributed by atoms with Gasteiger partial charge in [-0.05, 0) is 18.2 Å². The molecule has 2 rings (SSSR count). The Morgan fingerprint density at radius 3 is 2.56 bits per heavy atom. The summed E-state index contributed by atoms with van der Waals surface area (Å²) in [5.74, 6) is -0.493. The van der Waals surface area contributed by atoms with E-state index in [1.165, 1.54) is 25.3 Å². The number of nitrogens with one attached hydrogen (secondary N) is 1. The average molecular weight is 393 g/mol. The van der Waals surface area contributed by atoms with E-state index in [0.717, 1.165) is 6.26 Å². The predicted octanol–water partition coefficient (Wildman–Crippen LogP) is 2.57. The maximum Gasteiger partial charge on any atom is 0.242 e. The van der Waals surface area contributed by atoms with Crippen molar-refractivity contribution in [3.05, 3.63) is 28.8 Å². The topological polar surface area (TPSA) is 107 Å². The molecule has 0 fully saturated rings. The highest BCUT2D eigenvalue weighted by Crippen LogP contribution is 2.35. The van der Waals surface area contributed by atoms with Crippen LogP contribution in [0.15, 0.2) is 18.2 Å². The van der Waals surface area contributed by atoms with E-state index in [2.05, 4.69) is 14.7 Å². The molecule has 0 aliphatic heterocycles. The molecular formula is C14H15ClF2N4O3S. The van der Waals surface area contributed by atoms with Gasteiger partial charge in [0.2, 0.25) is 28.3 Å². The van der Waals surface area contributed by atoms with Gasteiger partial charge in [-0.15, -0.1) is 0 Å². The second-order valence-corrected chi connectivity index (χ2v) is 7.27. The van der Waals surface area contributed by atoms with Crippen molar-refractivity contribution in [3.63, 3.8) is 0 Å². The van der Waals surface area contributed by atoms with Crippen molar-refractivity contribution in [2.45, 2.75) is 12.8 Å². The van der Waals surface area contributed by atoms with Crippen LogP contribution in [-0.4, -0.2) is 38.2 Å². The lowest BCUT2D eigenvalue weighted by Crippen LogP contribution is -2.15. The summed E-state index contributed by atoms with van der Waals surface area (Å²) < 4.78 is 56.0. The van der Waals surface area contributed by atoms with Crippen LogP contribution in [0.1, 0.15) is 5.56 Å². The summed E-state index contributed by atoms with van der Waals surface area (Å²) in [6.45, 7) is 0. The van der Waals surface area contributed by atoms with Crippen LogP contribution in [0.4, 0.5) is 20.4 Å². The summed E-state index contributed by atoms with van der Waals surface area (Å²) in [6.07, 6.45) is -2.48. The molecule has 0 saturated carbocycles. The Morgan fingerprint density at radius 2 is 2.04 bits per heavy atom. The molecule has 0 saturated heterocycles. The Hall–Kier alpha value is -2.20. The zero-order chi connectivity index (χ0) is 18.8. The monoisotopic (exact) mass is 392 g/mol. The zero-order valence-electron chi connectivity index (χ0n) is 13.3. The summed E-state index contributed by atoms with van der Waals surface area (Å²) >= 11 is 5.86. The van der Waals surface area contributed by atoms with E-state index in [1.807, 2.05) is 0 Å². The third-order valence-corrected chi connectivity index (χ3v) is 3.85. The SMILES string of the molecule is COc1nc(NS(C)(=O)=O)nc(-c2ccc(Cl)cc2N)c1CC(F)F. The van der Waals surface area contributed by atoms with Gasteiger partial charge >= 0.3 is 0 Å². The number of hydrogen-bond acceptors (Lipinski definition) is 6. The molecule has 11 heteroatoms. The second-order valence-electron chi connectivity index (χ2n) is 5.08. The van der Waals surface area contributed by atoms with Gasteiger partial charge in [-0.25, -0.2) is 22.2 Å². The van der Waals surface area contributed by atoms with Gasteiger partial charge in [0.1, 0.15) is 0 Å². The fourth-order valence-electron chi connectivity index (χ4n) is 2.15. The number of sulfonamides is 1. The molecule has 0 aliphatic rings. The number of aromatic nitrogens is 2. The highest BCUT2D eigenvalue weighted by molar-refractivity contribution is 7.91. The third kappa shape index (κ3) is 4.89. The van der Waals surface area contributed by atoms with E-state index in [9.17, 15) is 17.2 Å². The van der Waals surface area contributed by atoms with Crippen LogP contribution in [0.5, 0.6) is 5.88 Å². The van der Waals surface area contributed by atoms with Crippen molar-refractivity contribution in [3.8, 4) is 17.1 Å². The molecule has 7 nitrogen and oxygen atoms in total. The van der Waals surface area contributed by atoms with E-state index in [0.29, 0.717) is 10.6 Å². The lowest BCUT2D eigenvalue weighted by molar-refractivity contribution is 0.147. The molecule has 3 N–H and O–H groups in total. The molecule has 0 bridgehead atoms. The fourth-order valence-corrected chi connectivity index (χ4v) is 2.76. The number of hydrogen-bond donors (Lipinski definition) is 2. The summed E-state index contributed by atoms with van der Waals surface area (Å²) in [7, 11) is -2.45. The minimum atomic E-state index is -3.68. The van der Waals surface area contributed by atoms with Crippen LogP contribution in [0, 0.1) is 0 Å². The summed E-state index contributed by atoms with van der Waals surface area (Å²) in [4.78, 5) is 7.88. The zero-order valence-corrected chi connectivity index (χ0v) is 14.8. The molecule has 0 unspecified atom stereocenters. The van der Waals surface area contributed by atoms with Crippen molar-refractivity contribution in [2.24, 2.45) is 0 Å². The molecule has 1 aromatic carbocycles. The minimum Gasteiger partial charge on any atom is -0.481 e. The molecule has 0 radical (unpaired) electrons. The first-order valence-electron chi connectivity index (χ1n) is 6.87. The van der Waals surface area contributed by atoms with E-state index >= 15 is 0 Å². The molecule has 0 aliphatic carbocycles. The van der Waals surface area contributed by atoms with Gasteiger partial charge in [-0.1, -0.05) is 11.6 Å². The average Bonchev–Trinajstić information content (AvgIpc) is 2.46. The molecule has 1 aromatic heterocycles. The Kier molecular flexibility index (Phi) is 5.63. The van der Waals surface area contributed by atoms with Gasteiger partial charge in [0.25, 0.3) is 0 Å². The van der Waals surface area contributed by atoms with Gasteiger partial charge in [0.15, 0.2) is 0 Å². The van der Waals surface area contributed by atoms with Crippen molar-refractivity contribution in [1.82, 2.24) is 9.97 Å². The largest absolute Gasteiger partial charge is 0.481 e. The summed E-state index contributed by atoms with van der Waals surface area (Å²) in [5, 5.41) is 0.354. The highest BCUT2D eigenvalue weighted by Gasteiger charge is 2.22. The number of halogens is 3. The standard InChI is InChI=1S/C14H15ClF2N4O3S/c1-24-13-9(6-11(16)17)12(8-4-3-7(15)5-10(8)18)19-14(20-13)21-25(2,22)23/h3-5,11H,6,18H2,1-2H3,(H,19,20,21). The first-order valence-corrected chi connectivity index (χ1v) is 9.14. The highest BCUT2D eigenvalue weighted by atomic mass is 35.5. The number of alkyl halides is 2. The van der Waals surface area contributed by atoms with Crippen LogP contribution in [0.2, 0.25) is 5.02 Å². The maximum absolute atomic E-state index is 13.0. The normalized spacial score (nSPS) is 11.6. The van der Waals surface area contributed by atoms with Gasteiger partial charge in [-0.2, -0.15) is 4.98 Å². The Bertz CT molecular complexity index is 894. The van der Waals surface area contributed by atoms with E-state index in [1.54, 1.807) is 0 Å². The molecular weight excluding hydrogens is 378 g/mol. The molecule has 1 heterocycles. The van der Waals surface area contributed by atoms with Gasteiger partial charge in [-0.3, -0.25) is 4.72 Å². The number of nitrogen functional groups attached to an aromatic ring is 1. The fraction of sp³-hybridized carbons (Fsp3) is 0.286. The first kappa shape index (κ1) is 19.1. The van der Waals surface area contributed by atoms with Crippen LogP contribution >= 0.6 is 11.6 Å². The predicted molar refractivity (Wildman–Crippen MR) is 91.6 cm³/mol. The summed E-state index contributed by atoms with van der Waals surface area (Å²) in [5.41, 5.74) is 6.44. The minimum absolute atomic E-state index is 0.00516. The van der Waals surface area contributed by atoms with Gasteiger partial charge < -0.3 is 10.5 Å². The number of nitrogens with two attached hydrogens (primary N) is 1. The molecule has 0 amide bonds.